The molecule has 3 rings (SSSR count). The van der Waals surface area contributed by atoms with Crippen LogP contribution in [0.4, 0.5) is 0 Å². The molecule has 0 aliphatic carbocycles. The molecule has 2 aromatic rings. The topological polar surface area (TPSA) is 70.2 Å². The van der Waals surface area contributed by atoms with Crippen LogP contribution >= 0.6 is 11.6 Å². The Balaban J connectivity index is 1.98. The first-order chi connectivity index (χ1) is 13.8. The molecule has 0 aromatic heterocycles. The van der Waals surface area contributed by atoms with Crippen molar-refractivity contribution in [2.75, 3.05) is 40.8 Å². The average Bonchev–Trinajstić information content (AvgIpc) is 2.73. The summed E-state index contributed by atoms with van der Waals surface area (Å²) in [7, 11) is 0.554. The Labute approximate surface area is 176 Å². The Morgan fingerprint density at radius 3 is 2.52 bits per heavy atom. The highest BCUT2D eigenvalue weighted by Gasteiger charge is 2.32. The minimum absolute atomic E-state index is 0.0310. The van der Waals surface area contributed by atoms with Crippen molar-refractivity contribution < 1.29 is 18.0 Å². The molecule has 0 saturated carbocycles. The van der Waals surface area contributed by atoms with E-state index in [9.17, 15) is 13.2 Å². The van der Waals surface area contributed by atoms with Crippen LogP contribution in [-0.2, 0) is 14.9 Å². The van der Waals surface area contributed by atoms with Gasteiger partial charge in [0.2, 0.25) is 0 Å². The van der Waals surface area contributed by atoms with Crippen LogP contribution in [0.2, 0.25) is 5.02 Å². The lowest BCUT2D eigenvalue weighted by Crippen LogP contribution is -2.49. The van der Waals surface area contributed by atoms with Gasteiger partial charge in [-0.2, -0.15) is 0 Å². The summed E-state index contributed by atoms with van der Waals surface area (Å²) in [5.74, 6) is -0.236. The van der Waals surface area contributed by atoms with Crippen molar-refractivity contribution >= 4 is 27.5 Å². The van der Waals surface area contributed by atoms with Gasteiger partial charge in [0.25, 0.3) is 15.9 Å². The summed E-state index contributed by atoms with van der Waals surface area (Å²) < 4.78 is 26.0. The molecular weight excluding hydrogens is 414 g/mol. The SMILES string of the molecule is CON(C)S(=O)(=O)c1cc(C(=O)N2CCN(C)CC2c2ccccc2)ccc1Cl. The monoisotopic (exact) mass is 437 g/mol. The van der Waals surface area contributed by atoms with E-state index in [-0.39, 0.29) is 27.4 Å². The number of halogens is 1. The molecule has 156 valence electrons. The Morgan fingerprint density at radius 2 is 1.86 bits per heavy atom. The van der Waals surface area contributed by atoms with E-state index >= 15 is 0 Å². The molecule has 0 N–H and O–H groups in total. The lowest BCUT2D eigenvalue weighted by atomic mass is 10.0. The molecule has 9 heteroatoms. The molecule has 1 aliphatic rings. The van der Waals surface area contributed by atoms with E-state index in [1.165, 1.54) is 26.3 Å². The zero-order valence-corrected chi connectivity index (χ0v) is 18.2. The summed E-state index contributed by atoms with van der Waals surface area (Å²) in [4.78, 5) is 22.0. The van der Waals surface area contributed by atoms with E-state index in [1.54, 1.807) is 11.0 Å². The predicted octanol–water partition coefficient (Wildman–Crippen LogP) is 2.65. The van der Waals surface area contributed by atoms with E-state index < -0.39 is 10.0 Å². The van der Waals surface area contributed by atoms with Gasteiger partial charge in [-0.25, -0.2) is 8.42 Å². The van der Waals surface area contributed by atoms with Gasteiger partial charge in [0, 0.05) is 32.2 Å². The summed E-state index contributed by atoms with van der Waals surface area (Å²) in [5, 5.41) is 0.0310. The average molecular weight is 438 g/mol. The first-order valence-electron chi connectivity index (χ1n) is 9.12. The van der Waals surface area contributed by atoms with Crippen LogP contribution < -0.4 is 0 Å². The van der Waals surface area contributed by atoms with E-state index in [0.29, 0.717) is 17.6 Å². The number of hydrogen-bond acceptors (Lipinski definition) is 5. The lowest BCUT2D eigenvalue weighted by molar-refractivity contribution is -0.0258. The van der Waals surface area contributed by atoms with Gasteiger partial charge < -0.3 is 9.80 Å². The van der Waals surface area contributed by atoms with Crippen LogP contribution in [-0.4, -0.2) is 69.4 Å². The molecule has 1 saturated heterocycles. The van der Waals surface area contributed by atoms with Gasteiger partial charge in [0.1, 0.15) is 4.90 Å². The normalized spacial score (nSPS) is 18.2. The molecule has 1 fully saturated rings. The van der Waals surface area contributed by atoms with Crippen molar-refractivity contribution in [1.82, 2.24) is 14.3 Å². The van der Waals surface area contributed by atoms with Gasteiger partial charge in [-0.3, -0.25) is 9.63 Å². The van der Waals surface area contributed by atoms with Crippen LogP contribution in [0.5, 0.6) is 0 Å². The Morgan fingerprint density at radius 1 is 1.17 bits per heavy atom. The molecule has 1 atom stereocenters. The number of carbonyl (C=O) groups is 1. The molecule has 1 heterocycles. The molecule has 7 nitrogen and oxygen atoms in total. The molecule has 0 radical (unpaired) electrons. The van der Waals surface area contributed by atoms with E-state index in [1.807, 2.05) is 37.4 Å². The van der Waals surface area contributed by atoms with E-state index in [0.717, 1.165) is 12.1 Å². The zero-order valence-electron chi connectivity index (χ0n) is 16.6. The fourth-order valence-corrected chi connectivity index (χ4v) is 4.83. The predicted molar refractivity (Wildman–Crippen MR) is 111 cm³/mol. The molecule has 2 aromatic carbocycles. The second-order valence-electron chi connectivity index (χ2n) is 6.93. The quantitative estimate of drug-likeness (QED) is 0.672. The zero-order chi connectivity index (χ0) is 21.2. The minimum atomic E-state index is -3.98. The number of piperazine rings is 1. The first-order valence-corrected chi connectivity index (χ1v) is 10.9. The second kappa shape index (κ2) is 8.81. The lowest BCUT2D eigenvalue weighted by Gasteiger charge is -2.40. The number of likely N-dealkylation sites (N-methyl/N-ethyl adjacent to an activating group) is 1. The smallest absolute Gasteiger partial charge is 0.266 e. The summed E-state index contributed by atoms with van der Waals surface area (Å²) in [5.41, 5.74) is 1.30. The number of hydroxylamine groups is 1. The van der Waals surface area contributed by atoms with Gasteiger partial charge in [0.15, 0.2) is 0 Å². The highest BCUT2D eigenvalue weighted by atomic mass is 35.5. The van der Waals surface area contributed by atoms with Gasteiger partial charge in [-0.1, -0.05) is 46.4 Å². The van der Waals surface area contributed by atoms with Gasteiger partial charge in [0.05, 0.1) is 18.2 Å². The fourth-order valence-electron chi connectivity index (χ4n) is 3.36. The maximum absolute atomic E-state index is 13.3. The Bertz CT molecular complexity index is 984. The van der Waals surface area contributed by atoms with Gasteiger partial charge in [-0.15, -0.1) is 0 Å². The number of nitrogens with zero attached hydrogens (tertiary/aromatic N) is 3. The number of hydrogen-bond donors (Lipinski definition) is 0. The third-order valence-corrected chi connectivity index (χ3v) is 7.24. The van der Waals surface area contributed by atoms with Gasteiger partial charge in [-0.05, 0) is 30.8 Å². The van der Waals surface area contributed by atoms with Crippen molar-refractivity contribution in [3.05, 3.63) is 64.7 Å². The van der Waals surface area contributed by atoms with Crippen LogP contribution in [0.3, 0.4) is 0 Å². The molecule has 29 heavy (non-hydrogen) atoms. The standard InChI is InChI=1S/C20H24ClN3O4S/c1-22-11-12-24(18(14-22)15-7-5-4-6-8-15)20(25)16-9-10-17(21)19(13-16)29(26,27)23(2)28-3/h4-10,13,18H,11-12,14H2,1-3H3. The summed E-state index contributed by atoms with van der Waals surface area (Å²) >= 11 is 6.12. The van der Waals surface area contributed by atoms with Crippen LogP contribution in [0.15, 0.2) is 53.4 Å². The number of amides is 1. The molecule has 1 unspecified atom stereocenters. The van der Waals surface area contributed by atoms with Crippen molar-refractivity contribution in [2.45, 2.75) is 10.9 Å². The molecule has 0 bridgehead atoms. The maximum atomic E-state index is 13.3. The molecule has 1 amide bonds. The number of rotatable bonds is 5. The van der Waals surface area contributed by atoms with Crippen molar-refractivity contribution in [2.24, 2.45) is 0 Å². The number of benzene rings is 2. The van der Waals surface area contributed by atoms with Crippen molar-refractivity contribution in [3.8, 4) is 0 Å². The van der Waals surface area contributed by atoms with Crippen molar-refractivity contribution in [1.29, 1.82) is 0 Å². The van der Waals surface area contributed by atoms with E-state index in [4.69, 9.17) is 16.4 Å². The maximum Gasteiger partial charge on any atom is 0.266 e. The molecule has 1 aliphatic heterocycles. The third kappa shape index (κ3) is 4.46. The number of carbonyl (C=O) groups excluding carboxylic acids is 1. The second-order valence-corrected chi connectivity index (χ2v) is 9.24. The molecular formula is C20H24ClN3O4S. The highest BCUT2D eigenvalue weighted by Crippen LogP contribution is 2.29. The summed E-state index contributed by atoms with van der Waals surface area (Å²) in [6.45, 7) is 1.97. The van der Waals surface area contributed by atoms with E-state index in [2.05, 4.69) is 4.90 Å². The first kappa shape index (κ1) is 21.7. The largest absolute Gasteiger partial charge is 0.329 e. The van der Waals surface area contributed by atoms with Crippen LogP contribution in [0.25, 0.3) is 0 Å². The summed E-state index contributed by atoms with van der Waals surface area (Å²) in [6.07, 6.45) is 0. The van der Waals surface area contributed by atoms with Crippen LogP contribution in [0, 0.1) is 0 Å². The van der Waals surface area contributed by atoms with Gasteiger partial charge >= 0.3 is 0 Å². The Kier molecular flexibility index (Phi) is 6.60. The Hall–Kier alpha value is -1.97. The minimum Gasteiger partial charge on any atom is -0.329 e. The van der Waals surface area contributed by atoms with Crippen LogP contribution in [0.1, 0.15) is 22.0 Å². The summed E-state index contributed by atoms with van der Waals surface area (Å²) in [6, 6.07) is 14.0. The third-order valence-electron chi connectivity index (χ3n) is 5.08. The molecule has 0 spiro atoms. The highest BCUT2D eigenvalue weighted by molar-refractivity contribution is 7.89. The number of sulfonamides is 1. The fraction of sp³-hybridized carbons (Fsp3) is 0.350. The van der Waals surface area contributed by atoms with Crippen molar-refractivity contribution in [3.63, 3.8) is 0 Å².